The molecule has 0 saturated heterocycles. The van der Waals surface area contributed by atoms with Gasteiger partial charge >= 0.3 is 0 Å². The molecule has 1 rings (SSSR count). The van der Waals surface area contributed by atoms with E-state index in [0.717, 1.165) is 19.3 Å². The molecule has 1 atom stereocenters. The molecule has 1 heterocycles. The van der Waals surface area contributed by atoms with Crippen molar-refractivity contribution in [1.82, 2.24) is 0 Å². The zero-order chi connectivity index (χ0) is 8.97. The summed E-state index contributed by atoms with van der Waals surface area (Å²) >= 11 is 0. The van der Waals surface area contributed by atoms with E-state index in [2.05, 4.69) is 6.92 Å². The van der Waals surface area contributed by atoms with Gasteiger partial charge in [-0.1, -0.05) is 13.3 Å². The van der Waals surface area contributed by atoms with E-state index in [1.165, 1.54) is 0 Å². The van der Waals surface area contributed by atoms with Crippen molar-refractivity contribution < 1.29 is 14.3 Å². The molecule has 1 aliphatic heterocycles. The van der Waals surface area contributed by atoms with Crippen molar-refractivity contribution in [2.75, 3.05) is 0 Å². The van der Waals surface area contributed by atoms with Crippen molar-refractivity contribution in [3.63, 3.8) is 0 Å². The van der Waals surface area contributed by atoms with Crippen molar-refractivity contribution >= 4 is 12.1 Å². The molecular formula is C9H12O3. The number of hydrogen-bond acceptors (Lipinski definition) is 3. The van der Waals surface area contributed by atoms with Crippen LogP contribution < -0.4 is 0 Å². The minimum absolute atomic E-state index is 0.105. The lowest BCUT2D eigenvalue weighted by molar-refractivity contribution is -0.129. The summed E-state index contributed by atoms with van der Waals surface area (Å²) in [5.41, 5.74) is 0. The molecular weight excluding hydrogens is 156 g/mol. The van der Waals surface area contributed by atoms with Crippen LogP contribution >= 0.6 is 0 Å². The van der Waals surface area contributed by atoms with E-state index >= 15 is 0 Å². The van der Waals surface area contributed by atoms with Crippen LogP contribution in [0.5, 0.6) is 0 Å². The zero-order valence-corrected chi connectivity index (χ0v) is 7.08. The summed E-state index contributed by atoms with van der Waals surface area (Å²) < 4.78 is 5.23. The van der Waals surface area contributed by atoms with E-state index in [4.69, 9.17) is 4.74 Å². The first kappa shape index (κ1) is 8.97. The molecule has 1 aliphatic rings. The lowest BCUT2D eigenvalue weighted by Gasteiger charge is -2.09. The van der Waals surface area contributed by atoms with Gasteiger partial charge in [-0.25, -0.2) is 0 Å². The summed E-state index contributed by atoms with van der Waals surface area (Å²) in [6, 6.07) is 0. The monoisotopic (exact) mass is 168 g/mol. The predicted molar refractivity (Wildman–Crippen MR) is 43.6 cm³/mol. The van der Waals surface area contributed by atoms with Crippen LogP contribution in [0.1, 0.15) is 26.2 Å². The Labute approximate surface area is 71.4 Å². The summed E-state index contributed by atoms with van der Waals surface area (Å²) in [6.07, 6.45) is 4.81. The number of carbonyl (C=O) groups is 2. The Morgan fingerprint density at radius 1 is 1.83 bits per heavy atom. The van der Waals surface area contributed by atoms with Gasteiger partial charge in [-0.05, 0) is 12.5 Å². The fraction of sp³-hybridized carbons (Fsp3) is 0.556. The second-order valence-electron chi connectivity index (χ2n) is 2.81. The van der Waals surface area contributed by atoms with Crippen molar-refractivity contribution in [3.05, 3.63) is 11.8 Å². The van der Waals surface area contributed by atoms with E-state index < -0.39 is 5.78 Å². The second-order valence-corrected chi connectivity index (χ2v) is 2.81. The first-order valence-electron chi connectivity index (χ1n) is 4.14. The van der Waals surface area contributed by atoms with Crippen LogP contribution in [0.25, 0.3) is 0 Å². The van der Waals surface area contributed by atoms with E-state index in [1.807, 2.05) is 0 Å². The molecule has 3 heteroatoms. The molecule has 0 saturated carbocycles. The zero-order valence-electron chi connectivity index (χ0n) is 7.08. The number of allylic oxidation sites excluding steroid dienone is 1. The van der Waals surface area contributed by atoms with Crippen LogP contribution in [0.3, 0.4) is 0 Å². The van der Waals surface area contributed by atoms with Crippen molar-refractivity contribution in [3.8, 4) is 0 Å². The number of hydrogen-bond donors (Lipinski definition) is 0. The van der Waals surface area contributed by atoms with Crippen LogP contribution in [0.2, 0.25) is 0 Å². The van der Waals surface area contributed by atoms with Gasteiger partial charge in [0, 0.05) is 6.42 Å². The standard InChI is InChI=1S/C9H12O3/c1-2-3-7-4-5-9(12-7)8(11)6-10/h5-7H,2-4H2,1H3. The van der Waals surface area contributed by atoms with Crippen LogP contribution in [-0.2, 0) is 14.3 Å². The van der Waals surface area contributed by atoms with Crippen LogP contribution in [0.4, 0.5) is 0 Å². The molecule has 0 aliphatic carbocycles. The summed E-state index contributed by atoms with van der Waals surface area (Å²) in [5.74, 6) is -0.322. The average Bonchev–Trinajstić information content (AvgIpc) is 2.52. The van der Waals surface area contributed by atoms with Gasteiger partial charge in [-0.2, -0.15) is 0 Å². The molecule has 1 unspecified atom stereocenters. The van der Waals surface area contributed by atoms with Gasteiger partial charge in [-0.15, -0.1) is 0 Å². The van der Waals surface area contributed by atoms with Crippen molar-refractivity contribution in [1.29, 1.82) is 0 Å². The van der Waals surface area contributed by atoms with Crippen molar-refractivity contribution in [2.45, 2.75) is 32.3 Å². The third-order valence-corrected chi connectivity index (χ3v) is 1.82. The Balaban J connectivity index is 2.43. The van der Waals surface area contributed by atoms with E-state index in [9.17, 15) is 9.59 Å². The molecule has 0 spiro atoms. The first-order chi connectivity index (χ1) is 5.77. The Morgan fingerprint density at radius 3 is 3.17 bits per heavy atom. The van der Waals surface area contributed by atoms with Gasteiger partial charge in [0.15, 0.2) is 12.0 Å². The summed E-state index contributed by atoms with van der Waals surface area (Å²) in [6.45, 7) is 2.06. The smallest absolute Gasteiger partial charge is 0.259 e. The topological polar surface area (TPSA) is 43.4 Å². The van der Waals surface area contributed by atoms with E-state index in [1.54, 1.807) is 6.08 Å². The molecule has 3 nitrogen and oxygen atoms in total. The summed E-state index contributed by atoms with van der Waals surface area (Å²) in [7, 11) is 0. The molecule has 12 heavy (non-hydrogen) atoms. The fourth-order valence-electron chi connectivity index (χ4n) is 1.23. The second kappa shape index (κ2) is 4.04. The predicted octanol–water partition coefficient (Wildman–Crippen LogP) is 1.23. The fourth-order valence-corrected chi connectivity index (χ4v) is 1.23. The quantitative estimate of drug-likeness (QED) is 0.468. The Hall–Kier alpha value is -1.12. The molecule has 66 valence electrons. The Kier molecular flexibility index (Phi) is 3.02. The number of carbonyl (C=O) groups excluding carboxylic acids is 2. The number of rotatable bonds is 4. The maximum atomic E-state index is 10.8. The maximum absolute atomic E-state index is 10.8. The van der Waals surface area contributed by atoms with Gasteiger partial charge in [0.2, 0.25) is 0 Å². The molecule has 0 N–H and O–H groups in total. The van der Waals surface area contributed by atoms with Gasteiger partial charge in [0.1, 0.15) is 6.10 Å². The highest BCUT2D eigenvalue weighted by molar-refractivity contribution is 6.32. The third-order valence-electron chi connectivity index (χ3n) is 1.82. The van der Waals surface area contributed by atoms with Gasteiger partial charge in [0.25, 0.3) is 5.78 Å². The number of ether oxygens (including phenoxy) is 1. The maximum Gasteiger partial charge on any atom is 0.259 e. The molecule has 0 bridgehead atoms. The SMILES string of the molecule is CCCC1CC=C(C(=O)C=O)O1. The van der Waals surface area contributed by atoms with Gasteiger partial charge < -0.3 is 4.74 Å². The minimum Gasteiger partial charge on any atom is -0.486 e. The van der Waals surface area contributed by atoms with E-state index in [-0.39, 0.29) is 11.9 Å². The van der Waals surface area contributed by atoms with E-state index in [0.29, 0.717) is 6.29 Å². The summed E-state index contributed by atoms with van der Waals surface area (Å²) in [4.78, 5) is 20.9. The molecule has 0 radical (unpaired) electrons. The van der Waals surface area contributed by atoms with Gasteiger partial charge in [0.05, 0.1) is 0 Å². The van der Waals surface area contributed by atoms with Crippen LogP contribution in [0.15, 0.2) is 11.8 Å². The lowest BCUT2D eigenvalue weighted by Crippen LogP contribution is -2.10. The van der Waals surface area contributed by atoms with Crippen LogP contribution in [-0.4, -0.2) is 18.2 Å². The number of ketones is 1. The molecule has 0 fully saturated rings. The largest absolute Gasteiger partial charge is 0.486 e. The number of aldehydes is 1. The molecule has 0 amide bonds. The third kappa shape index (κ3) is 1.94. The minimum atomic E-state index is -0.548. The lowest BCUT2D eigenvalue weighted by atomic mass is 10.2. The molecule has 0 aromatic heterocycles. The highest BCUT2D eigenvalue weighted by Crippen LogP contribution is 2.20. The first-order valence-corrected chi connectivity index (χ1v) is 4.14. The number of Topliss-reactive ketones (excluding diaryl/α,β-unsaturated/α-hetero) is 1. The van der Waals surface area contributed by atoms with Gasteiger partial charge in [-0.3, -0.25) is 9.59 Å². The average molecular weight is 168 g/mol. The Bertz CT molecular complexity index is 218. The highest BCUT2D eigenvalue weighted by Gasteiger charge is 2.21. The molecule has 0 aromatic rings. The molecule has 0 aromatic carbocycles. The normalized spacial score (nSPS) is 21.4. The van der Waals surface area contributed by atoms with Crippen molar-refractivity contribution in [2.24, 2.45) is 0 Å². The Morgan fingerprint density at radius 2 is 2.58 bits per heavy atom. The van der Waals surface area contributed by atoms with Crippen LogP contribution in [0, 0.1) is 0 Å². The highest BCUT2D eigenvalue weighted by atomic mass is 16.5. The summed E-state index contributed by atoms with van der Waals surface area (Å²) in [5, 5.41) is 0.